The number of nitrogens with zero attached hydrogens (tertiary/aromatic N) is 2. The molecule has 1 amide bonds. The number of halogens is 3. The van der Waals surface area contributed by atoms with Gasteiger partial charge in [0.15, 0.2) is 10.9 Å². The fraction of sp³-hybridized carbons (Fsp3) is 0.190. The number of nitrogens with two attached hydrogens (primary N) is 1. The summed E-state index contributed by atoms with van der Waals surface area (Å²) in [7, 11) is 0. The third-order valence-electron chi connectivity index (χ3n) is 5.01. The average Bonchev–Trinajstić information content (AvgIpc) is 3.17. The molecule has 0 radical (unpaired) electrons. The first kappa shape index (κ1) is 20.1. The van der Waals surface area contributed by atoms with E-state index < -0.39 is 11.7 Å². The van der Waals surface area contributed by atoms with Gasteiger partial charge in [0, 0.05) is 29.6 Å². The van der Waals surface area contributed by atoms with Crippen molar-refractivity contribution in [3.63, 3.8) is 0 Å². The lowest BCUT2D eigenvalue weighted by molar-refractivity contribution is -0.137. The Kier molecular flexibility index (Phi) is 5.07. The van der Waals surface area contributed by atoms with E-state index >= 15 is 0 Å². The number of ketones is 1. The standard InChI is InChI=1S/C21H16F3N3O2S/c22-21(23,24)14-6-4-12(5-7-14)18(28)16-3-1-2-13-10-27(9-8-15(13)16)19(29)17-11-30-20(25)26-17/h1-7,11H,8-10H2,(H2,25,26). The van der Waals surface area contributed by atoms with E-state index in [0.29, 0.717) is 30.2 Å². The molecular formula is C21H16F3N3O2S. The van der Waals surface area contributed by atoms with Crippen molar-refractivity contribution < 1.29 is 22.8 Å². The van der Waals surface area contributed by atoms with Crippen molar-refractivity contribution in [2.75, 3.05) is 12.3 Å². The Morgan fingerprint density at radius 3 is 2.47 bits per heavy atom. The maximum Gasteiger partial charge on any atom is 0.416 e. The Bertz CT molecular complexity index is 1120. The number of benzene rings is 2. The molecule has 0 bridgehead atoms. The number of carbonyl (C=O) groups is 2. The van der Waals surface area contributed by atoms with Crippen LogP contribution in [0, 0.1) is 0 Å². The van der Waals surface area contributed by atoms with Gasteiger partial charge in [-0.25, -0.2) is 4.98 Å². The lowest BCUT2D eigenvalue weighted by atomic mass is 9.90. The Labute approximate surface area is 174 Å². The highest BCUT2D eigenvalue weighted by Gasteiger charge is 2.31. The van der Waals surface area contributed by atoms with Crippen molar-refractivity contribution in [1.82, 2.24) is 9.88 Å². The first-order chi connectivity index (χ1) is 14.2. The minimum absolute atomic E-state index is 0.188. The van der Waals surface area contributed by atoms with Crippen LogP contribution in [0.5, 0.6) is 0 Å². The zero-order valence-corrected chi connectivity index (χ0v) is 16.4. The number of fused-ring (bicyclic) bond motifs is 1. The summed E-state index contributed by atoms with van der Waals surface area (Å²) in [5.74, 6) is -0.569. The topological polar surface area (TPSA) is 76.3 Å². The van der Waals surface area contributed by atoms with Gasteiger partial charge < -0.3 is 10.6 Å². The van der Waals surface area contributed by atoms with Crippen molar-refractivity contribution in [3.8, 4) is 0 Å². The largest absolute Gasteiger partial charge is 0.416 e. The van der Waals surface area contributed by atoms with E-state index in [0.717, 1.165) is 23.3 Å². The van der Waals surface area contributed by atoms with Crippen LogP contribution < -0.4 is 5.73 Å². The number of hydrogen-bond acceptors (Lipinski definition) is 5. The lowest BCUT2D eigenvalue weighted by Crippen LogP contribution is -2.36. The monoisotopic (exact) mass is 431 g/mol. The SMILES string of the molecule is Nc1nc(C(=O)N2CCc3c(cccc3C(=O)c3ccc(C(F)(F)F)cc3)C2)cs1. The van der Waals surface area contributed by atoms with E-state index in [-0.39, 0.29) is 22.9 Å². The zero-order valence-electron chi connectivity index (χ0n) is 15.6. The Morgan fingerprint density at radius 1 is 1.10 bits per heavy atom. The van der Waals surface area contributed by atoms with Crippen molar-refractivity contribution >= 4 is 28.2 Å². The number of rotatable bonds is 3. The minimum atomic E-state index is -4.45. The molecule has 3 aromatic rings. The molecule has 0 saturated carbocycles. The van der Waals surface area contributed by atoms with E-state index in [2.05, 4.69) is 4.98 Å². The molecule has 0 saturated heterocycles. The van der Waals surface area contributed by atoms with Gasteiger partial charge in [-0.1, -0.05) is 30.3 Å². The van der Waals surface area contributed by atoms with E-state index in [1.54, 1.807) is 22.4 Å². The van der Waals surface area contributed by atoms with Crippen LogP contribution in [-0.2, 0) is 19.1 Å². The van der Waals surface area contributed by atoms with Crippen LogP contribution in [0.1, 0.15) is 43.1 Å². The summed E-state index contributed by atoms with van der Waals surface area (Å²) in [5, 5.41) is 1.93. The van der Waals surface area contributed by atoms with Gasteiger partial charge in [-0.05, 0) is 29.7 Å². The van der Waals surface area contributed by atoms with Gasteiger partial charge in [-0.3, -0.25) is 9.59 Å². The third-order valence-corrected chi connectivity index (χ3v) is 5.69. The zero-order chi connectivity index (χ0) is 21.5. The van der Waals surface area contributed by atoms with Gasteiger partial charge in [0.1, 0.15) is 5.69 Å². The molecule has 5 nitrogen and oxygen atoms in total. The molecule has 0 atom stereocenters. The van der Waals surface area contributed by atoms with Crippen LogP contribution in [0.15, 0.2) is 47.8 Å². The van der Waals surface area contributed by atoms with Crippen LogP contribution >= 0.6 is 11.3 Å². The number of thiazole rings is 1. The molecule has 1 aliphatic rings. The van der Waals surface area contributed by atoms with Crippen LogP contribution in [0.3, 0.4) is 0 Å². The average molecular weight is 431 g/mol. The second kappa shape index (κ2) is 7.56. The molecule has 0 fully saturated rings. The molecule has 2 aromatic carbocycles. The number of aromatic nitrogens is 1. The molecule has 154 valence electrons. The second-order valence-electron chi connectivity index (χ2n) is 6.90. The highest BCUT2D eigenvalue weighted by Crippen LogP contribution is 2.30. The summed E-state index contributed by atoms with van der Waals surface area (Å²) in [6.07, 6.45) is -3.99. The molecule has 1 aromatic heterocycles. The molecule has 0 unspecified atom stereocenters. The Hall–Kier alpha value is -3.20. The summed E-state index contributed by atoms with van der Waals surface area (Å²) >= 11 is 1.19. The molecule has 9 heteroatoms. The fourth-order valence-corrected chi connectivity index (χ4v) is 4.05. The maximum atomic E-state index is 12.9. The molecule has 2 heterocycles. The van der Waals surface area contributed by atoms with Crippen molar-refractivity contribution in [3.05, 3.63) is 81.4 Å². The van der Waals surface area contributed by atoms with Gasteiger partial charge in [-0.2, -0.15) is 13.2 Å². The van der Waals surface area contributed by atoms with Crippen LogP contribution in [0.2, 0.25) is 0 Å². The Morgan fingerprint density at radius 2 is 1.83 bits per heavy atom. The summed E-state index contributed by atoms with van der Waals surface area (Å²) in [6, 6.07) is 9.41. The normalized spacial score (nSPS) is 13.8. The molecule has 2 N–H and O–H groups in total. The number of nitrogen functional groups attached to an aromatic ring is 1. The van der Waals surface area contributed by atoms with E-state index in [1.165, 1.54) is 23.5 Å². The number of hydrogen-bond donors (Lipinski definition) is 1. The number of carbonyl (C=O) groups excluding carboxylic acids is 2. The highest BCUT2D eigenvalue weighted by molar-refractivity contribution is 7.13. The van der Waals surface area contributed by atoms with Crippen molar-refractivity contribution in [2.24, 2.45) is 0 Å². The van der Waals surface area contributed by atoms with Crippen LogP contribution in [0.25, 0.3) is 0 Å². The molecular weight excluding hydrogens is 415 g/mol. The van der Waals surface area contributed by atoms with E-state index in [1.807, 2.05) is 6.07 Å². The predicted octanol–water partition coefficient (Wildman–Crippen LogP) is 4.17. The summed E-state index contributed by atoms with van der Waals surface area (Å²) in [6.45, 7) is 0.723. The van der Waals surface area contributed by atoms with Gasteiger partial charge in [0.05, 0.1) is 5.56 Å². The first-order valence-electron chi connectivity index (χ1n) is 9.07. The molecule has 0 aliphatic carbocycles. The molecule has 1 aliphatic heterocycles. The van der Waals surface area contributed by atoms with Crippen molar-refractivity contribution in [1.29, 1.82) is 0 Å². The van der Waals surface area contributed by atoms with E-state index in [4.69, 9.17) is 5.73 Å². The number of amides is 1. The summed E-state index contributed by atoms with van der Waals surface area (Å²) in [4.78, 5) is 31.2. The highest BCUT2D eigenvalue weighted by atomic mass is 32.1. The maximum absolute atomic E-state index is 12.9. The number of alkyl halides is 3. The van der Waals surface area contributed by atoms with Crippen LogP contribution in [0.4, 0.5) is 18.3 Å². The third kappa shape index (κ3) is 3.80. The number of anilines is 1. The van der Waals surface area contributed by atoms with Crippen LogP contribution in [-0.4, -0.2) is 28.1 Å². The van der Waals surface area contributed by atoms with Gasteiger partial charge in [0.25, 0.3) is 5.91 Å². The Balaban J connectivity index is 1.58. The lowest BCUT2D eigenvalue weighted by Gasteiger charge is -2.29. The van der Waals surface area contributed by atoms with Gasteiger partial charge >= 0.3 is 6.18 Å². The quantitative estimate of drug-likeness (QED) is 0.632. The first-order valence-corrected chi connectivity index (χ1v) is 9.95. The van der Waals surface area contributed by atoms with Crippen molar-refractivity contribution in [2.45, 2.75) is 19.1 Å². The minimum Gasteiger partial charge on any atom is -0.375 e. The smallest absolute Gasteiger partial charge is 0.375 e. The molecule has 0 spiro atoms. The fourth-order valence-electron chi connectivity index (χ4n) is 3.51. The molecule has 4 rings (SSSR count). The van der Waals surface area contributed by atoms with Gasteiger partial charge in [-0.15, -0.1) is 11.3 Å². The molecule has 30 heavy (non-hydrogen) atoms. The predicted molar refractivity (Wildman–Crippen MR) is 106 cm³/mol. The summed E-state index contributed by atoms with van der Waals surface area (Å²) < 4.78 is 38.3. The second-order valence-corrected chi connectivity index (χ2v) is 7.78. The van der Waals surface area contributed by atoms with E-state index in [9.17, 15) is 22.8 Å². The summed E-state index contributed by atoms with van der Waals surface area (Å²) in [5.41, 5.74) is 7.36. The van der Waals surface area contributed by atoms with Gasteiger partial charge in [0.2, 0.25) is 0 Å².